The van der Waals surface area contributed by atoms with E-state index in [0.717, 1.165) is 11.1 Å². The Bertz CT molecular complexity index is 721. The van der Waals surface area contributed by atoms with Crippen LogP contribution in [0.5, 0.6) is 0 Å². The second-order valence-corrected chi connectivity index (χ2v) is 9.05. The Morgan fingerprint density at radius 3 is 2.50 bits per heavy atom. The van der Waals surface area contributed by atoms with E-state index < -0.39 is 21.9 Å². The molecular weight excluding hydrogens is 328 g/mol. The molecule has 1 N–H and O–H groups in total. The summed E-state index contributed by atoms with van der Waals surface area (Å²) in [6.07, 6.45) is -0.327. The van der Waals surface area contributed by atoms with Crippen molar-refractivity contribution in [3.05, 3.63) is 34.9 Å². The Morgan fingerprint density at radius 1 is 1.25 bits per heavy atom. The normalized spacial score (nSPS) is 15.9. The van der Waals surface area contributed by atoms with Crippen LogP contribution in [0.25, 0.3) is 0 Å². The zero-order valence-electron chi connectivity index (χ0n) is 14.9. The van der Waals surface area contributed by atoms with Crippen molar-refractivity contribution >= 4 is 16.3 Å². The molecule has 0 spiro atoms. The maximum Gasteiger partial charge on any atom is 0.422 e. The number of nitrogens with zero attached hydrogens (tertiary/aromatic N) is 1. The highest BCUT2D eigenvalue weighted by atomic mass is 32.2. The largest absolute Gasteiger partial charge is 0.443 e. The molecule has 1 aliphatic heterocycles. The summed E-state index contributed by atoms with van der Waals surface area (Å²) in [6.45, 7) is 9.85. The van der Waals surface area contributed by atoms with Crippen molar-refractivity contribution in [3.63, 3.8) is 0 Å². The third-order valence-electron chi connectivity index (χ3n) is 3.83. The lowest BCUT2D eigenvalue weighted by molar-refractivity contribution is 0.0566. The molecule has 0 saturated heterocycles. The lowest BCUT2D eigenvalue weighted by Gasteiger charge is -2.29. The molecule has 0 aromatic heterocycles. The lowest BCUT2D eigenvalue weighted by atomic mass is 9.94. The summed E-state index contributed by atoms with van der Waals surface area (Å²) in [5.41, 5.74) is 2.57. The van der Waals surface area contributed by atoms with Gasteiger partial charge in [-0.1, -0.05) is 32.0 Å². The first-order valence-corrected chi connectivity index (χ1v) is 9.54. The Kier molecular flexibility index (Phi) is 5.25. The van der Waals surface area contributed by atoms with E-state index in [1.165, 1.54) is 9.87 Å². The Balaban J connectivity index is 2.13. The number of carbonyl (C=O) groups excluding carboxylic acids is 1. The standard InChI is InChI=1S/C17H26N2O4S/c1-12(2)14-7-6-13-8-9-19(11-15(13)10-14)24(21,22)18-16(20)23-17(3,4)5/h6-7,10,12H,8-9,11H2,1-5H3,(H,18,20). The minimum Gasteiger partial charge on any atom is -0.443 e. The van der Waals surface area contributed by atoms with Crippen molar-refractivity contribution in [1.29, 1.82) is 0 Å². The van der Waals surface area contributed by atoms with Gasteiger partial charge in [0.1, 0.15) is 5.60 Å². The molecule has 2 rings (SSSR count). The average molecular weight is 354 g/mol. The van der Waals surface area contributed by atoms with E-state index in [0.29, 0.717) is 18.9 Å². The van der Waals surface area contributed by atoms with Crippen molar-refractivity contribution in [2.45, 2.75) is 59.1 Å². The quantitative estimate of drug-likeness (QED) is 0.905. The van der Waals surface area contributed by atoms with Gasteiger partial charge < -0.3 is 4.74 Å². The number of hydrogen-bond donors (Lipinski definition) is 1. The second-order valence-electron chi connectivity index (χ2n) is 7.38. The van der Waals surface area contributed by atoms with E-state index >= 15 is 0 Å². The van der Waals surface area contributed by atoms with Crippen molar-refractivity contribution < 1.29 is 17.9 Å². The summed E-state index contributed by atoms with van der Waals surface area (Å²) in [5, 5.41) is 0. The van der Waals surface area contributed by atoms with Gasteiger partial charge in [-0.2, -0.15) is 12.7 Å². The smallest absolute Gasteiger partial charge is 0.422 e. The molecule has 1 heterocycles. The summed E-state index contributed by atoms with van der Waals surface area (Å²) >= 11 is 0. The van der Waals surface area contributed by atoms with Gasteiger partial charge in [0, 0.05) is 13.1 Å². The third kappa shape index (κ3) is 4.70. The van der Waals surface area contributed by atoms with Gasteiger partial charge in [0.15, 0.2) is 0 Å². The molecule has 7 heteroatoms. The minimum absolute atomic E-state index is 0.258. The first-order chi connectivity index (χ1) is 11.0. The molecule has 1 aromatic rings. The fourth-order valence-corrected chi connectivity index (χ4v) is 3.61. The molecule has 0 atom stereocenters. The molecule has 1 amide bonds. The first kappa shape index (κ1) is 18.7. The number of carbonyl (C=O) groups is 1. The van der Waals surface area contributed by atoms with E-state index in [9.17, 15) is 13.2 Å². The van der Waals surface area contributed by atoms with Gasteiger partial charge in [0.05, 0.1) is 0 Å². The number of benzene rings is 1. The highest BCUT2D eigenvalue weighted by Gasteiger charge is 2.30. The fraction of sp³-hybridized carbons (Fsp3) is 0.588. The summed E-state index contributed by atoms with van der Waals surface area (Å²) < 4.78 is 33.1. The summed E-state index contributed by atoms with van der Waals surface area (Å²) in [5.74, 6) is 0.377. The first-order valence-electron chi connectivity index (χ1n) is 8.10. The van der Waals surface area contributed by atoms with E-state index in [1.807, 2.05) is 4.72 Å². The SMILES string of the molecule is CC(C)c1ccc2c(c1)CN(S(=O)(=O)NC(=O)OC(C)(C)C)CC2. The molecule has 134 valence electrons. The summed E-state index contributed by atoms with van der Waals surface area (Å²) in [4.78, 5) is 11.8. The molecule has 0 unspecified atom stereocenters. The van der Waals surface area contributed by atoms with Gasteiger partial charge in [-0.25, -0.2) is 9.52 Å². The molecule has 1 aromatic carbocycles. The molecule has 0 aliphatic carbocycles. The van der Waals surface area contributed by atoms with Crippen LogP contribution in [0, 0.1) is 0 Å². The van der Waals surface area contributed by atoms with Crippen LogP contribution in [0.4, 0.5) is 4.79 Å². The van der Waals surface area contributed by atoms with Crippen LogP contribution in [-0.2, 0) is 27.9 Å². The van der Waals surface area contributed by atoms with Gasteiger partial charge in [-0.15, -0.1) is 0 Å². The van der Waals surface area contributed by atoms with Crippen LogP contribution in [0.3, 0.4) is 0 Å². The van der Waals surface area contributed by atoms with Crippen LogP contribution in [-0.4, -0.2) is 31.0 Å². The average Bonchev–Trinajstić information content (AvgIpc) is 2.43. The Hall–Kier alpha value is -1.60. The number of amides is 1. The summed E-state index contributed by atoms with van der Waals surface area (Å²) in [7, 11) is -3.92. The highest BCUT2D eigenvalue weighted by molar-refractivity contribution is 7.87. The molecule has 0 fully saturated rings. The topological polar surface area (TPSA) is 75.7 Å². The maximum atomic E-state index is 12.4. The summed E-state index contributed by atoms with van der Waals surface area (Å²) in [6, 6.07) is 6.21. The Labute approximate surface area is 144 Å². The number of nitrogens with one attached hydrogen (secondary N) is 1. The number of hydrogen-bond acceptors (Lipinski definition) is 4. The van der Waals surface area contributed by atoms with Gasteiger partial charge >= 0.3 is 16.3 Å². The molecule has 0 saturated carbocycles. The van der Waals surface area contributed by atoms with Gasteiger partial charge in [0.2, 0.25) is 0 Å². The molecule has 0 radical (unpaired) electrons. The maximum absolute atomic E-state index is 12.4. The molecule has 0 bridgehead atoms. The van der Waals surface area contributed by atoms with Crippen molar-refractivity contribution in [3.8, 4) is 0 Å². The predicted octanol–water partition coefficient (Wildman–Crippen LogP) is 2.94. The number of fused-ring (bicyclic) bond motifs is 1. The van der Waals surface area contributed by atoms with Crippen LogP contribution in [0.15, 0.2) is 18.2 Å². The van der Waals surface area contributed by atoms with Crippen LogP contribution >= 0.6 is 0 Å². The molecule has 24 heavy (non-hydrogen) atoms. The van der Waals surface area contributed by atoms with Crippen molar-refractivity contribution in [1.82, 2.24) is 9.03 Å². The monoisotopic (exact) mass is 354 g/mol. The van der Waals surface area contributed by atoms with Crippen LogP contribution in [0.1, 0.15) is 57.2 Å². The zero-order valence-corrected chi connectivity index (χ0v) is 15.7. The lowest BCUT2D eigenvalue weighted by Crippen LogP contribution is -2.47. The Morgan fingerprint density at radius 2 is 1.92 bits per heavy atom. The van der Waals surface area contributed by atoms with Gasteiger partial charge in [0.25, 0.3) is 0 Å². The third-order valence-corrected chi connectivity index (χ3v) is 5.24. The molecule has 1 aliphatic rings. The van der Waals surface area contributed by atoms with Crippen molar-refractivity contribution in [2.24, 2.45) is 0 Å². The number of rotatable bonds is 3. The molecule has 6 nitrogen and oxygen atoms in total. The van der Waals surface area contributed by atoms with Crippen LogP contribution < -0.4 is 4.72 Å². The van der Waals surface area contributed by atoms with E-state index in [1.54, 1.807) is 20.8 Å². The minimum atomic E-state index is -3.92. The second kappa shape index (κ2) is 6.72. The predicted molar refractivity (Wildman–Crippen MR) is 92.9 cm³/mol. The number of ether oxygens (including phenoxy) is 1. The van der Waals surface area contributed by atoms with Crippen molar-refractivity contribution in [2.75, 3.05) is 6.54 Å². The fourth-order valence-electron chi connectivity index (χ4n) is 2.58. The zero-order chi connectivity index (χ0) is 18.1. The highest BCUT2D eigenvalue weighted by Crippen LogP contribution is 2.25. The van der Waals surface area contributed by atoms with E-state index in [4.69, 9.17) is 4.74 Å². The van der Waals surface area contributed by atoms with Gasteiger partial charge in [-0.3, -0.25) is 0 Å². The van der Waals surface area contributed by atoms with Gasteiger partial charge in [-0.05, 0) is 49.8 Å². The van der Waals surface area contributed by atoms with E-state index in [-0.39, 0.29) is 6.54 Å². The van der Waals surface area contributed by atoms with Crippen LogP contribution in [0.2, 0.25) is 0 Å². The van der Waals surface area contributed by atoms with E-state index in [2.05, 4.69) is 32.0 Å². The molecular formula is C17H26N2O4S.